The van der Waals surface area contributed by atoms with Crippen LogP contribution in [0, 0.1) is 0 Å². The smallest absolute Gasteiger partial charge is 0.407 e. The number of alkyl carbamates (subject to hydrolysis) is 1. The van der Waals surface area contributed by atoms with Crippen molar-refractivity contribution in [1.29, 1.82) is 0 Å². The zero-order valence-electron chi connectivity index (χ0n) is 4.43. The summed E-state index contributed by atoms with van der Waals surface area (Å²) in [7, 11) is 0. The number of alkyl halides is 2. The lowest BCUT2D eigenvalue weighted by molar-refractivity contribution is 0.0986. The highest BCUT2D eigenvalue weighted by atomic mass is 19.3. The Hall–Kier alpha value is -0.870. The first-order chi connectivity index (χ1) is 4.20. The number of cyclic esters (lactones) is 1. The van der Waals surface area contributed by atoms with Crippen LogP contribution in [-0.2, 0) is 4.74 Å². The molecule has 0 aromatic carbocycles. The van der Waals surface area contributed by atoms with Crippen LogP contribution < -0.4 is 5.32 Å². The molecule has 0 radical (unpaired) electrons. The number of amides is 1. The van der Waals surface area contributed by atoms with Crippen LogP contribution in [0.15, 0.2) is 0 Å². The van der Waals surface area contributed by atoms with Gasteiger partial charge in [0.2, 0.25) is 0 Å². The third-order valence-electron chi connectivity index (χ3n) is 1.00. The van der Waals surface area contributed by atoms with E-state index < -0.39 is 18.6 Å². The van der Waals surface area contributed by atoms with Gasteiger partial charge in [-0.2, -0.15) is 0 Å². The van der Waals surface area contributed by atoms with Gasteiger partial charge in [-0.05, 0) is 0 Å². The molecule has 0 unspecified atom stereocenters. The van der Waals surface area contributed by atoms with Crippen molar-refractivity contribution in [1.82, 2.24) is 5.32 Å². The van der Waals surface area contributed by atoms with Crippen LogP contribution in [0.5, 0.6) is 0 Å². The molecule has 1 aliphatic rings. The summed E-state index contributed by atoms with van der Waals surface area (Å²) in [5, 5.41) is 1.94. The lowest BCUT2D eigenvalue weighted by atomic mass is 10.3. The standard InChI is InChI=1S/C4H5F2NO2/c5-3(6)2-1-9-4(8)7-2/h2-3H,1H2,(H,7,8)/t2-/m0/s1. The molecule has 0 aromatic heterocycles. The second-order valence-corrected chi connectivity index (χ2v) is 1.68. The maximum absolute atomic E-state index is 11.6. The van der Waals surface area contributed by atoms with Crippen molar-refractivity contribution in [2.45, 2.75) is 12.5 Å². The average Bonchev–Trinajstić information content (AvgIpc) is 2.14. The van der Waals surface area contributed by atoms with Gasteiger partial charge in [-0.15, -0.1) is 0 Å². The minimum atomic E-state index is -2.53. The summed E-state index contributed by atoms with van der Waals surface area (Å²) in [5.41, 5.74) is 0. The molecular formula is C4H5F2NO2. The molecule has 9 heavy (non-hydrogen) atoms. The minimum absolute atomic E-state index is 0.226. The molecule has 1 saturated heterocycles. The zero-order chi connectivity index (χ0) is 6.85. The van der Waals surface area contributed by atoms with E-state index in [0.717, 1.165) is 0 Å². The van der Waals surface area contributed by atoms with Crippen LogP contribution in [0.4, 0.5) is 13.6 Å². The van der Waals surface area contributed by atoms with Gasteiger partial charge >= 0.3 is 6.09 Å². The Balaban J connectivity index is 2.39. The number of hydrogen-bond donors (Lipinski definition) is 1. The highest BCUT2D eigenvalue weighted by molar-refractivity contribution is 5.69. The highest BCUT2D eigenvalue weighted by Gasteiger charge is 2.29. The second-order valence-electron chi connectivity index (χ2n) is 1.68. The maximum Gasteiger partial charge on any atom is 0.407 e. The summed E-state index contributed by atoms with van der Waals surface area (Å²) >= 11 is 0. The summed E-state index contributed by atoms with van der Waals surface area (Å²) in [4.78, 5) is 10.1. The fraction of sp³-hybridized carbons (Fsp3) is 0.750. The largest absolute Gasteiger partial charge is 0.447 e. The van der Waals surface area contributed by atoms with Crippen LogP contribution >= 0.6 is 0 Å². The fourth-order valence-electron chi connectivity index (χ4n) is 0.536. The number of halogens is 2. The van der Waals surface area contributed by atoms with E-state index in [-0.39, 0.29) is 6.61 Å². The Kier molecular flexibility index (Phi) is 1.50. The molecule has 0 aromatic rings. The predicted octanol–water partition coefficient (Wildman–Crippen LogP) is 0.360. The number of nitrogens with one attached hydrogen (secondary N) is 1. The van der Waals surface area contributed by atoms with Crippen molar-refractivity contribution in [3.05, 3.63) is 0 Å². The molecule has 52 valence electrons. The molecule has 0 spiro atoms. The topological polar surface area (TPSA) is 38.3 Å². The molecule has 1 atom stereocenters. The molecule has 1 aliphatic heterocycles. The van der Waals surface area contributed by atoms with E-state index in [0.29, 0.717) is 0 Å². The van der Waals surface area contributed by atoms with Crippen molar-refractivity contribution >= 4 is 6.09 Å². The minimum Gasteiger partial charge on any atom is -0.447 e. The number of carbonyl (C=O) groups is 1. The summed E-state index contributed by atoms with van der Waals surface area (Å²) in [6, 6.07) is -1.11. The molecule has 1 heterocycles. The van der Waals surface area contributed by atoms with Crippen molar-refractivity contribution in [2.24, 2.45) is 0 Å². The Morgan fingerprint density at radius 1 is 1.78 bits per heavy atom. The van der Waals surface area contributed by atoms with Gasteiger partial charge in [0.15, 0.2) is 0 Å². The molecule has 0 saturated carbocycles. The number of rotatable bonds is 1. The molecule has 1 fully saturated rings. The number of ether oxygens (including phenoxy) is 1. The molecule has 1 rings (SSSR count). The van der Waals surface area contributed by atoms with E-state index in [1.54, 1.807) is 0 Å². The van der Waals surface area contributed by atoms with Crippen LogP contribution in [0.3, 0.4) is 0 Å². The van der Waals surface area contributed by atoms with Crippen molar-refractivity contribution in [2.75, 3.05) is 6.61 Å². The number of carbonyl (C=O) groups excluding carboxylic acids is 1. The lowest BCUT2D eigenvalue weighted by Gasteiger charge is -2.02. The SMILES string of the molecule is O=C1N[C@H](C(F)F)CO1. The molecule has 5 heteroatoms. The first-order valence-corrected chi connectivity index (χ1v) is 2.41. The Morgan fingerprint density at radius 3 is 2.67 bits per heavy atom. The molecule has 3 nitrogen and oxygen atoms in total. The Labute approximate surface area is 50.0 Å². The van der Waals surface area contributed by atoms with Gasteiger partial charge in [-0.25, -0.2) is 13.6 Å². The van der Waals surface area contributed by atoms with Gasteiger partial charge in [-0.3, -0.25) is 0 Å². The van der Waals surface area contributed by atoms with Crippen LogP contribution in [0.2, 0.25) is 0 Å². The third-order valence-corrected chi connectivity index (χ3v) is 1.00. The highest BCUT2D eigenvalue weighted by Crippen LogP contribution is 2.06. The van der Waals surface area contributed by atoms with Crippen LogP contribution in [0.25, 0.3) is 0 Å². The fourth-order valence-corrected chi connectivity index (χ4v) is 0.536. The normalized spacial score (nSPS) is 26.1. The summed E-state index contributed by atoms with van der Waals surface area (Å²) in [5.74, 6) is 0. The van der Waals surface area contributed by atoms with E-state index in [2.05, 4.69) is 4.74 Å². The van der Waals surface area contributed by atoms with Crippen LogP contribution in [-0.4, -0.2) is 25.2 Å². The van der Waals surface area contributed by atoms with Crippen molar-refractivity contribution in [3.8, 4) is 0 Å². The number of hydrogen-bond acceptors (Lipinski definition) is 2. The van der Waals surface area contributed by atoms with E-state index in [1.807, 2.05) is 5.32 Å². The Morgan fingerprint density at radius 2 is 2.44 bits per heavy atom. The summed E-state index contributed by atoms with van der Waals surface area (Å²) in [6.45, 7) is -0.226. The zero-order valence-corrected chi connectivity index (χ0v) is 4.43. The quantitative estimate of drug-likeness (QED) is 0.566. The van der Waals surface area contributed by atoms with Gasteiger partial charge < -0.3 is 10.1 Å². The third kappa shape index (κ3) is 1.28. The van der Waals surface area contributed by atoms with Gasteiger partial charge in [0, 0.05) is 0 Å². The van der Waals surface area contributed by atoms with E-state index in [9.17, 15) is 13.6 Å². The monoisotopic (exact) mass is 137 g/mol. The van der Waals surface area contributed by atoms with Crippen LogP contribution in [0.1, 0.15) is 0 Å². The lowest BCUT2D eigenvalue weighted by Crippen LogP contribution is -2.32. The molecule has 1 amide bonds. The van der Waals surface area contributed by atoms with E-state index in [1.165, 1.54) is 0 Å². The first kappa shape index (κ1) is 6.25. The maximum atomic E-state index is 11.6. The van der Waals surface area contributed by atoms with Crippen molar-refractivity contribution < 1.29 is 18.3 Å². The van der Waals surface area contributed by atoms with Gasteiger partial charge in [0.1, 0.15) is 12.6 Å². The molecule has 1 N–H and O–H groups in total. The van der Waals surface area contributed by atoms with Gasteiger partial charge in [-0.1, -0.05) is 0 Å². The van der Waals surface area contributed by atoms with Gasteiger partial charge in [0.25, 0.3) is 6.43 Å². The van der Waals surface area contributed by atoms with E-state index >= 15 is 0 Å². The van der Waals surface area contributed by atoms with Crippen molar-refractivity contribution in [3.63, 3.8) is 0 Å². The predicted molar refractivity (Wildman–Crippen MR) is 24.3 cm³/mol. The molecule has 0 aliphatic carbocycles. The van der Waals surface area contributed by atoms with Gasteiger partial charge in [0.05, 0.1) is 0 Å². The molecular weight excluding hydrogens is 132 g/mol. The summed E-state index contributed by atoms with van der Waals surface area (Å²) in [6.07, 6.45) is -3.29. The first-order valence-electron chi connectivity index (χ1n) is 2.41. The molecule has 0 bridgehead atoms. The van der Waals surface area contributed by atoms with E-state index in [4.69, 9.17) is 0 Å². The Bertz CT molecular complexity index is 128. The summed E-state index contributed by atoms with van der Waals surface area (Å²) < 4.78 is 27.4. The second kappa shape index (κ2) is 2.16. The average molecular weight is 137 g/mol.